The summed E-state index contributed by atoms with van der Waals surface area (Å²) in [5.74, 6) is 1.54. The van der Waals surface area contributed by atoms with Crippen molar-refractivity contribution in [2.24, 2.45) is 5.92 Å². The summed E-state index contributed by atoms with van der Waals surface area (Å²) in [6.07, 6.45) is 1.21. The van der Waals surface area contributed by atoms with E-state index in [-0.39, 0.29) is 5.91 Å². The smallest absolute Gasteiger partial charge is 0.251 e. The molecule has 4 heteroatoms. The molecule has 0 aliphatic carbocycles. The van der Waals surface area contributed by atoms with Crippen molar-refractivity contribution in [3.63, 3.8) is 0 Å². The van der Waals surface area contributed by atoms with E-state index < -0.39 is 0 Å². The molecule has 1 amide bonds. The number of furan rings is 1. The summed E-state index contributed by atoms with van der Waals surface area (Å²) in [4.78, 5) is 14.8. The number of carbonyl (C=O) groups is 1. The molecule has 2 aromatic rings. The molecule has 2 fully saturated rings. The lowest BCUT2D eigenvalue weighted by atomic mass is 9.99. The standard InChI is InChI=1S/C16H18N2O2/c1-10-6-13-7-11(2-3-15(13)20-10)16(19)17-14-9-18-5-4-12(14)8-18/h2-3,6-7,12,14H,4-5,8-9H2,1H3,(H,17,19)/t12-,14?/m0/s1. The first-order chi connectivity index (χ1) is 9.69. The van der Waals surface area contributed by atoms with Gasteiger partial charge in [0.2, 0.25) is 0 Å². The van der Waals surface area contributed by atoms with Crippen LogP contribution in [0.2, 0.25) is 0 Å². The molecule has 1 aromatic heterocycles. The van der Waals surface area contributed by atoms with Crippen LogP contribution in [-0.4, -0.2) is 36.5 Å². The average Bonchev–Trinajstić information content (AvgIpc) is 3.10. The monoisotopic (exact) mass is 270 g/mol. The van der Waals surface area contributed by atoms with Crippen molar-refractivity contribution in [2.45, 2.75) is 19.4 Å². The number of hydrogen-bond donors (Lipinski definition) is 1. The van der Waals surface area contributed by atoms with Gasteiger partial charge in [0.05, 0.1) is 0 Å². The Morgan fingerprint density at radius 1 is 1.35 bits per heavy atom. The van der Waals surface area contributed by atoms with Crippen LogP contribution in [-0.2, 0) is 0 Å². The zero-order valence-corrected chi connectivity index (χ0v) is 11.6. The molecule has 4 nitrogen and oxygen atoms in total. The van der Waals surface area contributed by atoms with Gasteiger partial charge in [0, 0.05) is 30.1 Å². The molecule has 1 aromatic carbocycles. The summed E-state index contributed by atoms with van der Waals surface area (Å²) >= 11 is 0. The van der Waals surface area contributed by atoms with Crippen molar-refractivity contribution < 1.29 is 9.21 Å². The molecule has 20 heavy (non-hydrogen) atoms. The van der Waals surface area contributed by atoms with E-state index in [1.165, 1.54) is 13.0 Å². The summed E-state index contributed by atoms with van der Waals surface area (Å²) in [5.41, 5.74) is 1.56. The van der Waals surface area contributed by atoms with Crippen LogP contribution in [0.25, 0.3) is 11.0 Å². The van der Waals surface area contributed by atoms with Gasteiger partial charge in [-0.1, -0.05) is 0 Å². The van der Waals surface area contributed by atoms with Gasteiger partial charge in [-0.05, 0) is 50.1 Å². The predicted molar refractivity (Wildman–Crippen MR) is 76.8 cm³/mol. The summed E-state index contributed by atoms with van der Waals surface area (Å²) in [6, 6.07) is 7.91. The maximum atomic E-state index is 12.4. The van der Waals surface area contributed by atoms with Crippen molar-refractivity contribution in [2.75, 3.05) is 19.6 Å². The Morgan fingerprint density at radius 3 is 3.00 bits per heavy atom. The molecule has 104 valence electrons. The van der Waals surface area contributed by atoms with E-state index in [1.807, 2.05) is 31.2 Å². The SMILES string of the molecule is Cc1cc2cc(C(=O)NC3CN4CC[C@H]3C4)ccc2o1. The zero-order chi connectivity index (χ0) is 13.7. The molecule has 2 unspecified atom stereocenters. The fourth-order valence-electron chi connectivity index (χ4n) is 3.52. The van der Waals surface area contributed by atoms with Gasteiger partial charge < -0.3 is 14.6 Å². The van der Waals surface area contributed by atoms with Crippen molar-refractivity contribution in [3.05, 3.63) is 35.6 Å². The molecular weight excluding hydrogens is 252 g/mol. The third-order valence-corrected chi connectivity index (χ3v) is 4.55. The number of amides is 1. The molecule has 2 aliphatic rings. The van der Waals surface area contributed by atoms with Gasteiger partial charge >= 0.3 is 0 Å². The highest BCUT2D eigenvalue weighted by molar-refractivity contribution is 5.98. The van der Waals surface area contributed by atoms with Crippen molar-refractivity contribution >= 4 is 16.9 Å². The Labute approximate surface area is 117 Å². The maximum absolute atomic E-state index is 12.4. The Kier molecular flexibility index (Phi) is 2.60. The number of carbonyl (C=O) groups excluding carboxylic acids is 1. The highest BCUT2D eigenvalue weighted by Gasteiger charge is 2.38. The van der Waals surface area contributed by atoms with E-state index in [2.05, 4.69) is 10.2 Å². The first-order valence-corrected chi connectivity index (χ1v) is 7.22. The highest BCUT2D eigenvalue weighted by atomic mass is 16.3. The van der Waals surface area contributed by atoms with E-state index in [0.29, 0.717) is 12.0 Å². The van der Waals surface area contributed by atoms with Crippen LogP contribution < -0.4 is 5.32 Å². The second-order valence-corrected chi connectivity index (χ2v) is 6.00. The molecule has 4 rings (SSSR count). The van der Waals surface area contributed by atoms with E-state index in [0.717, 1.165) is 35.4 Å². The third kappa shape index (κ3) is 1.91. The lowest BCUT2D eigenvalue weighted by Gasteiger charge is -2.23. The van der Waals surface area contributed by atoms with Gasteiger partial charge in [0.15, 0.2) is 0 Å². The van der Waals surface area contributed by atoms with E-state index in [9.17, 15) is 4.79 Å². The zero-order valence-electron chi connectivity index (χ0n) is 11.6. The van der Waals surface area contributed by atoms with Crippen LogP contribution in [0.15, 0.2) is 28.7 Å². The van der Waals surface area contributed by atoms with Gasteiger partial charge in [-0.2, -0.15) is 0 Å². The van der Waals surface area contributed by atoms with Gasteiger partial charge in [0.1, 0.15) is 11.3 Å². The summed E-state index contributed by atoms with van der Waals surface area (Å²) in [5, 5.41) is 4.18. The topological polar surface area (TPSA) is 45.5 Å². The minimum atomic E-state index is 0.0319. The Morgan fingerprint density at radius 2 is 2.25 bits per heavy atom. The van der Waals surface area contributed by atoms with Gasteiger partial charge in [-0.25, -0.2) is 0 Å². The number of rotatable bonds is 2. The predicted octanol–water partition coefficient (Wildman–Crippen LogP) is 2.18. The third-order valence-electron chi connectivity index (χ3n) is 4.55. The van der Waals surface area contributed by atoms with Gasteiger partial charge in [-0.3, -0.25) is 4.79 Å². The number of hydrogen-bond acceptors (Lipinski definition) is 3. The lowest BCUT2D eigenvalue weighted by molar-refractivity contribution is 0.0924. The number of benzene rings is 1. The molecule has 2 bridgehead atoms. The minimum absolute atomic E-state index is 0.0319. The first kappa shape index (κ1) is 12.0. The largest absolute Gasteiger partial charge is 0.461 e. The molecule has 3 heterocycles. The van der Waals surface area contributed by atoms with E-state index in [1.54, 1.807) is 0 Å². The number of aryl methyl sites for hydroxylation is 1. The number of fused-ring (bicyclic) bond motifs is 3. The van der Waals surface area contributed by atoms with Crippen LogP contribution in [0.1, 0.15) is 22.5 Å². The number of nitrogens with zero attached hydrogens (tertiary/aromatic N) is 1. The summed E-state index contributed by atoms with van der Waals surface area (Å²) < 4.78 is 5.54. The van der Waals surface area contributed by atoms with Crippen LogP contribution in [0.5, 0.6) is 0 Å². The molecular formula is C16H18N2O2. The van der Waals surface area contributed by atoms with Gasteiger partial charge in [0.25, 0.3) is 5.91 Å². The molecule has 1 N–H and O–H groups in total. The average molecular weight is 270 g/mol. The normalized spacial score (nSPS) is 28.1. The second-order valence-electron chi connectivity index (χ2n) is 6.00. The lowest BCUT2D eigenvalue weighted by Crippen LogP contribution is -2.43. The Balaban J connectivity index is 1.54. The summed E-state index contributed by atoms with van der Waals surface area (Å²) in [6.45, 7) is 5.26. The molecule has 0 radical (unpaired) electrons. The van der Waals surface area contributed by atoms with Crippen molar-refractivity contribution in [1.82, 2.24) is 10.2 Å². The molecule has 2 saturated heterocycles. The van der Waals surface area contributed by atoms with E-state index >= 15 is 0 Å². The van der Waals surface area contributed by atoms with Crippen LogP contribution >= 0.6 is 0 Å². The number of nitrogens with one attached hydrogen (secondary N) is 1. The van der Waals surface area contributed by atoms with Crippen molar-refractivity contribution in [1.29, 1.82) is 0 Å². The maximum Gasteiger partial charge on any atom is 0.251 e. The molecule has 2 aliphatic heterocycles. The fourth-order valence-corrected chi connectivity index (χ4v) is 3.52. The molecule has 0 spiro atoms. The van der Waals surface area contributed by atoms with Crippen LogP contribution in [0.3, 0.4) is 0 Å². The number of piperidine rings is 1. The Hall–Kier alpha value is -1.81. The molecule has 0 saturated carbocycles. The minimum Gasteiger partial charge on any atom is -0.461 e. The van der Waals surface area contributed by atoms with Gasteiger partial charge in [-0.15, -0.1) is 0 Å². The quantitative estimate of drug-likeness (QED) is 0.909. The van der Waals surface area contributed by atoms with Crippen LogP contribution in [0.4, 0.5) is 0 Å². The highest BCUT2D eigenvalue weighted by Crippen LogP contribution is 2.28. The summed E-state index contributed by atoms with van der Waals surface area (Å²) in [7, 11) is 0. The Bertz CT molecular complexity index is 676. The van der Waals surface area contributed by atoms with E-state index in [4.69, 9.17) is 4.42 Å². The first-order valence-electron chi connectivity index (χ1n) is 7.22. The van der Waals surface area contributed by atoms with Crippen LogP contribution in [0, 0.1) is 12.8 Å². The fraction of sp³-hybridized carbons (Fsp3) is 0.438. The second kappa shape index (κ2) is 4.35. The van der Waals surface area contributed by atoms with Crippen molar-refractivity contribution in [3.8, 4) is 0 Å². The molecule has 3 atom stereocenters.